The predicted octanol–water partition coefficient (Wildman–Crippen LogP) is 5.28. The minimum absolute atomic E-state index is 0. The van der Waals surface area contributed by atoms with Gasteiger partial charge in [-0.1, -0.05) is 63.8 Å². The molecule has 0 aromatic heterocycles. The van der Waals surface area contributed by atoms with E-state index in [-0.39, 0.29) is 28.4 Å². The fourth-order valence-corrected chi connectivity index (χ4v) is 1.34. The lowest BCUT2D eigenvalue weighted by molar-refractivity contribution is -0.0726. The van der Waals surface area contributed by atoms with E-state index in [1.807, 2.05) is 0 Å². The van der Waals surface area contributed by atoms with Crippen LogP contribution in [0.1, 0.15) is 63.8 Å². The molecule has 0 radical (unpaired) electrons. The molecule has 21 heavy (non-hydrogen) atoms. The smallest absolute Gasteiger partial charge is 0.104 e. The summed E-state index contributed by atoms with van der Waals surface area (Å²) < 4.78 is 17.1. The predicted molar refractivity (Wildman–Crippen MR) is 96.1 cm³/mol. The summed E-state index contributed by atoms with van der Waals surface area (Å²) in [4.78, 5) is 0. The van der Waals surface area contributed by atoms with Crippen LogP contribution in [-0.2, 0) is 14.2 Å². The molecule has 0 fully saturated rings. The average Bonchev–Trinajstić information content (AvgIpc) is 2.24. The fraction of sp³-hybridized carbons (Fsp3) is 1.00. The molecular formula is C18H44O3. The molecule has 3 nitrogen and oxygen atoms in total. The molecule has 0 N–H and O–H groups in total. The van der Waals surface area contributed by atoms with Gasteiger partial charge in [0.1, 0.15) is 6.10 Å². The van der Waals surface area contributed by atoms with Gasteiger partial charge in [0.05, 0.1) is 13.2 Å². The molecule has 0 saturated heterocycles. The zero-order chi connectivity index (χ0) is 14.0. The Hall–Kier alpha value is -0.120. The molecule has 0 aromatic rings. The van der Waals surface area contributed by atoms with Crippen molar-refractivity contribution in [1.82, 2.24) is 0 Å². The number of ether oxygens (including phenoxy) is 3. The quantitative estimate of drug-likeness (QED) is 0.519. The Bertz CT molecular complexity index is 165. The molecule has 0 saturated carbocycles. The van der Waals surface area contributed by atoms with E-state index in [1.54, 1.807) is 0 Å². The number of hydrogen-bond acceptors (Lipinski definition) is 3. The van der Waals surface area contributed by atoms with Gasteiger partial charge in [-0.15, -0.1) is 0 Å². The van der Waals surface area contributed by atoms with Crippen LogP contribution in [0.5, 0.6) is 0 Å². The summed E-state index contributed by atoms with van der Waals surface area (Å²) in [7, 11) is 0. The highest BCUT2D eigenvalue weighted by atomic mass is 16.6. The summed E-state index contributed by atoms with van der Waals surface area (Å²) in [6.07, 6.45) is 0.0601. The topological polar surface area (TPSA) is 27.7 Å². The Kier molecular flexibility index (Phi) is 24.7. The lowest BCUT2D eigenvalue weighted by atomic mass is 10.2. The first kappa shape index (κ1) is 29.0. The largest absolute Gasteiger partial charge is 0.378 e. The summed E-state index contributed by atoms with van der Waals surface area (Å²) in [6, 6.07) is 0. The summed E-state index contributed by atoms with van der Waals surface area (Å²) in [5.41, 5.74) is 0. The van der Waals surface area contributed by atoms with Gasteiger partial charge >= 0.3 is 0 Å². The van der Waals surface area contributed by atoms with Crippen LogP contribution in [0.25, 0.3) is 0 Å². The third kappa shape index (κ3) is 22.3. The molecule has 0 aliphatic heterocycles. The van der Waals surface area contributed by atoms with Gasteiger partial charge in [0, 0.05) is 19.8 Å². The highest BCUT2D eigenvalue weighted by Gasteiger charge is 2.11. The van der Waals surface area contributed by atoms with Gasteiger partial charge in [-0.2, -0.15) is 0 Å². The van der Waals surface area contributed by atoms with Crippen molar-refractivity contribution >= 4 is 0 Å². The van der Waals surface area contributed by atoms with Crippen molar-refractivity contribution in [3.05, 3.63) is 0 Å². The van der Waals surface area contributed by atoms with Gasteiger partial charge in [0.2, 0.25) is 0 Å². The fourth-order valence-electron chi connectivity index (χ4n) is 1.34. The van der Waals surface area contributed by atoms with Gasteiger partial charge in [-0.25, -0.2) is 0 Å². The van der Waals surface area contributed by atoms with E-state index in [0.29, 0.717) is 31.0 Å². The van der Waals surface area contributed by atoms with Crippen molar-refractivity contribution in [3.63, 3.8) is 0 Å². The van der Waals surface area contributed by atoms with Crippen molar-refractivity contribution in [2.45, 2.75) is 69.9 Å². The Morgan fingerprint density at radius 1 is 0.524 bits per heavy atom. The van der Waals surface area contributed by atoms with Gasteiger partial charge in [0.25, 0.3) is 0 Å². The van der Waals surface area contributed by atoms with Crippen molar-refractivity contribution in [1.29, 1.82) is 0 Å². The van der Waals surface area contributed by atoms with Crippen LogP contribution in [0.4, 0.5) is 0 Å². The van der Waals surface area contributed by atoms with Crippen molar-refractivity contribution < 1.29 is 14.2 Å². The van der Waals surface area contributed by atoms with Crippen LogP contribution >= 0.6 is 0 Å². The number of rotatable bonds is 11. The lowest BCUT2D eigenvalue weighted by Gasteiger charge is -2.20. The molecule has 0 spiro atoms. The third-order valence-corrected chi connectivity index (χ3v) is 2.18. The number of hydrogen-bond donors (Lipinski definition) is 0. The van der Waals surface area contributed by atoms with Gasteiger partial charge in [-0.3, -0.25) is 0 Å². The monoisotopic (exact) mass is 308 g/mol. The molecular weight excluding hydrogens is 264 g/mol. The van der Waals surface area contributed by atoms with Crippen LogP contribution in [0, 0.1) is 17.8 Å². The first-order chi connectivity index (χ1) is 8.41. The molecule has 0 unspecified atom stereocenters. The Morgan fingerprint density at radius 2 is 0.857 bits per heavy atom. The van der Waals surface area contributed by atoms with Crippen LogP contribution in [0.2, 0.25) is 0 Å². The maximum atomic E-state index is 5.82. The normalized spacial score (nSPS) is 10.6. The lowest BCUT2D eigenvalue weighted by Crippen LogP contribution is -2.28. The highest BCUT2D eigenvalue weighted by Crippen LogP contribution is 2.03. The van der Waals surface area contributed by atoms with Gasteiger partial charge in [0.15, 0.2) is 0 Å². The molecule has 0 amide bonds. The summed E-state index contributed by atoms with van der Waals surface area (Å²) >= 11 is 0. The van der Waals surface area contributed by atoms with Crippen LogP contribution < -0.4 is 0 Å². The van der Waals surface area contributed by atoms with Crippen molar-refractivity contribution in [2.24, 2.45) is 17.8 Å². The highest BCUT2D eigenvalue weighted by molar-refractivity contribution is 4.58. The first-order valence-corrected chi connectivity index (χ1v) is 7.18. The summed E-state index contributed by atoms with van der Waals surface area (Å²) in [6.45, 7) is 16.5. The SMILES string of the molecule is C.C.C.CC(C)COCC(COCC(C)C)OCC(C)C. The van der Waals surface area contributed by atoms with E-state index < -0.39 is 0 Å². The third-order valence-electron chi connectivity index (χ3n) is 2.18. The van der Waals surface area contributed by atoms with Crippen molar-refractivity contribution in [2.75, 3.05) is 33.0 Å². The van der Waals surface area contributed by atoms with Crippen LogP contribution in [0.3, 0.4) is 0 Å². The second-order valence-electron chi connectivity index (χ2n) is 6.21. The summed E-state index contributed by atoms with van der Waals surface area (Å²) in [5.74, 6) is 1.67. The average molecular weight is 309 g/mol. The molecule has 0 aliphatic carbocycles. The Balaban J connectivity index is -0.000000482. The van der Waals surface area contributed by atoms with Gasteiger partial charge < -0.3 is 14.2 Å². The standard InChI is InChI=1S/C15H32O3.3CH4/c1-12(2)7-16-10-15(18-9-14(5)6)11-17-8-13(3)4;;;/h12-15H,7-11H2,1-6H3;3*1H4. The second kappa shape index (κ2) is 17.9. The molecule has 0 rings (SSSR count). The molecule has 0 bridgehead atoms. The minimum atomic E-state index is 0. The van der Waals surface area contributed by atoms with E-state index in [0.717, 1.165) is 19.8 Å². The van der Waals surface area contributed by atoms with E-state index >= 15 is 0 Å². The molecule has 3 heteroatoms. The van der Waals surface area contributed by atoms with E-state index in [4.69, 9.17) is 14.2 Å². The van der Waals surface area contributed by atoms with E-state index in [1.165, 1.54) is 0 Å². The van der Waals surface area contributed by atoms with E-state index in [2.05, 4.69) is 41.5 Å². The molecule has 0 aliphatic rings. The van der Waals surface area contributed by atoms with Crippen LogP contribution in [0.15, 0.2) is 0 Å². The molecule has 0 heterocycles. The second-order valence-corrected chi connectivity index (χ2v) is 6.21. The maximum absolute atomic E-state index is 5.82. The summed E-state index contributed by atoms with van der Waals surface area (Å²) in [5, 5.41) is 0. The zero-order valence-electron chi connectivity index (χ0n) is 13.1. The van der Waals surface area contributed by atoms with E-state index in [9.17, 15) is 0 Å². The molecule has 0 aromatic carbocycles. The molecule has 0 atom stereocenters. The van der Waals surface area contributed by atoms with Crippen LogP contribution in [-0.4, -0.2) is 39.1 Å². The first-order valence-electron chi connectivity index (χ1n) is 7.18. The maximum Gasteiger partial charge on any atom is 0.104 e. The Labute approximate surface area is 135 Å². The van der Waals surface area contributed by atoms with Crippen molar-refractivity contribution in [3.8, 4) is 0 Å². The zero-order valence-corrected chi connectivity index (χ0v) is 13.1. The Morgan fingerprint density at radius 3 is 1.14 bits per heavy atom. The molecule has 134 valence electrons. The van der Waals surface area contributed by atoms with Gasteiger partial charge in [-0.05, 0) is 17.8 Å². The minimum Gasteiger partial charge on any atom is -0.378 e.